The summed E-state index contributed by atoms with van der Waals surface area (Å²) in [5.74, 6) is -0.294. The molecule has 0 aliphatic carbocycles. The zero-order chi connectivity index (χ0) is 20.3. The lowest BCUT2D eigenvalue weighted by molar-refractivity contribution is -0.119. The van der Waals surface area contributed by atoms with Crippen LogP contribution in [0.15, 0.2) is 53.9 Å². The van der Waals surface area contributed by atoms with Gasteiger partial charge in [-0.25, -0.2) is 23.1 Å². The first-order chi connectivity index (χ1) is 13.3. The molecule has 0 aliphatic heterocycles. The van der Waals surface area contributed by atoms with E-state index in [0.29, 0.717) is 5.69 Å². The van der Waals surface area contributed by atoms with Crippen LogP contribution in [-0.4, -0.2) is 34.1 Å². The van der Waals surface area contributed by atoms with E-state index in [4.69, 9.17) is 23.2 Å². The number of aromatic nitrogens is 4. The molecule has 0 saturated carbocycles. The third kappa shape index (κ3) is 4.58. The lowest BCUT2D eigenvalue weighted by Crippen LogP contribution is -2.24. The van der Waals surface area contributed by atoms with E-state index in [9.17, 15) is 13.2 Å². The molecule has 1 atom stereocenters. The van der Waals surface area contributed by atoms with Gasteiger partial charge < -0.3 is 5.32 Å². The van der Waals surface area contributed by atoms with Crippen LogP contribution in [0.1, 0.15) is 13.0 Å². The Morgan fingerprint density at radius 2 is 1.79 bits per heavy atom. The Hall–Kier alpha value is -2.69. The summed E-state index contributed by atoms with van der Waals surface area (Å²) >= 11 is 11.5. The van der Waals surface area contributed by atoms with E-state index < -0.39 is 16.1 Å². The quantitative estimate of drug-likeness (QED) is 0.568. The first kappa shape index (κ1) is 20.1. The summed E-state index contributed by atoms with van der Waals surface area (Å²) < 4.78 is 28.7. The first-order valence-corrected chi connectivity index (χ1v) is 10.1. The highest BCUT2D eigenvalue weighted by molar-refractivity contribution is 7.92. The number of nitrogens with one attached hydrogen (secondary N) is 2. The van der Waals surface area contributed by atoms with Gasteiger partial charge in [-0.15, -0.1) is 0 Å². The van der Waals surface area contributed by atoms with Crippen LogP contribution in [0.25, 0.3) is 0 Å². The predicted octanol–water partition coefficient (Wildman–Crippen LogP) is 2.98. The minimum Gasteiger partial charge on any atom is -0.324 e. The van der Waals surface area contributed by atoms with Crippen molar-refractivity contribution in [1.82, 2.24) is 19.7 Å². The van der Waals surface area contributed by atoms with E-state index in [1.54, 1.807) is 19.1 Å². The van der Waals surface area contributed by atoms with Gasteiger partial charge in [0.25, 0.3) is 10.0 Å². The fourth-order valence-corrected chi connectivity index (χ4v) is 3.94. The standard InChI is InChI=1S/C16H14Cl2N6O3S/c1-10(24-9-19-8-20-24)16(25)21-11-2-4-12(5-3-11)23-28(26,27)13-6-7-14(17)22-15(13)18/h2-10,23H,1H3,(H,21,25). The number of carbonyl (C=O) groups excluding carboxylic acids is 1. The molecule has 2 N–H and O–H groups in total. The summed E-state index contributed by atoms with van der Waals surface area (Å²) in [7, 11) is -3.95. The zero-order valence-corrected chi connectivity index (χ0v) is 16.7. The van der Waals surface area contributed by atoms with Gasteiger partial charge in [0.05, 0.1) is 0 Å². The Labute approximate surface area is 170 Å². The van der Waals surface area contributed by atoms with Crippen LogP contribution in [-0.2, 0) is 14.8 Å². The van der Waals surface area contributed by atoms with Gasteiger partial charge >= 0.3 is 0 Å². The number of nitrogens with zero attached hydrogens (tertiary/aromatic N) is 4. The second kappa shape index (κ2) is 8.13. The topological polar surface area (TPSA) is 119 Å². The number of anilines is 2. The van der Waals surface area contributed by atoms with Gasteiger partial charge in [-0.3, -0.25) is 9.52 Å². The Morgan fingerprint density at radius 3 is 2.39 bits per heavy atom. The molecule has 2 heterocycles. The maximum atomic E-state index is 12.5. The van der Waals surface area contributed by atoms with Crippen molar-refractivity contribution in [3.63, 3.8) is 0 Å². The number of halogens is 2. The second-order valence-corrected chi connectivity index (χ2v) is 8.04. The number of sulfonamides is 1. The molecule has 0 spiro atoms. The number of pyridine rings is 1. The van der Waals surface area contributed by atoms with Gasteiger partial charge in [-0.1, -0.05) is 23.2 Å². The van der Waals surface area contributed by atoms with Gasteiger partial charge in [0.15, 0.2) is 5.15 Å². The van der Waals surface area contributed by atoms with Crippen molar-refractivity contribution < 1.29 is 13.2 Å². The number of benzene rings is 1. The SMILES string of the molecule is CC(C(=O)Nc1ccc(NS(=O)(=O)c2ccc(Cl)nc2Cl)cc1)n1cncn1. The lowest BCUT2D eigenvalue weighted by Gasteiger charge is -2.13. The largest absolute Gasteiger partial charge is 0.324 e. The summed E-state index contributed by atoms with van der Waals surface area (Å²) in [6.07, 6.45) is 2.78. The summed E-state index contributed by atoms with van der Waals surface area (Å²) in [6, 6.07) is 8.17. The highest BCUT2D eigenvalue weighted by Gasteiger charge is 2.20. The maximum Gasteiger partial charge on any atom is 0.264 e. The average Bonchev–Trinajstić information content (AvgIpc) is 3.16. The van der Waals surface area contributed by atoms with Crippen molar-refractivity contribution in [3.8, 4) is 0 Å². The van der Waals surface area contributed by atoms with E-state index in [1.165, 1.54) is 41.6 Å². The van der Waals surface area contributed by atoms with Crippen molar-refractivity contribution in [2.75, 3.05) is 10.0 Å². The molecule has 0 radical (unpaired) electrons. The Morgan fingerprint density at radius 1 is 1.11 bits per heavy atom. The molecule has 0 saturated heterocycles. The number of hydrogen-bond acceptors (Lipinski definition) is 6. The number of rotatable bonds is 6. The van der Waals surface area contributed by atoms with Crippen molar-refractivity contribution in [2.24, 2.45) is 0 Å². The van der Waals surface area contributed by atoms with Crippen molar-refractivity contribution in [2.45, 2.75) is 17.9 Å². The van der Waals surface area contributed by atoms with Gasteiger partial charge in [-0.2, -0.15) is 5.10 Å². The summed E-state index contributed by atoms with van der Waals surface area (Å²) in [5, 5.41) is 6.49. The predicted molar refractivity (Wildman–Crippen MR) is 105 cm³/mol. The normalized spacial score (nSPS) is 12.4. The Kier molecular flexibility index (Phi) is 5.82. The highest BCUT2D eigenvalue weighted by Crippen LogP contribution is 2.24. The second-order valence-electron chi connectivity index (χ2n) is 5.65. The van der Waals surface area contributed by atoms with Gasteiger partial charge in [0, 0.05) is 11.4 Å². The fraction of sp³-hybridized carbons (Fsp3) is 0.125. The van der Waals surface area contributed by atoms with Gasteiger partial charge in [-0.05, 0) is 43.3 Å². The van der Waals surface area contributed by atoms with Crippen molar-refractivity contribution in [1.29, 1.82) is 0 Å². The van der Waals surface area contributed by atoms with E-state index in [1.807, 2.05) is 0 Å². The molecule has 3 aromatic rings. The highest BCUT2D eigenvalue weighted by atomic mass is 35.5. The number of carbonyl (C=O) groups is 1. The number of hydrogen-bond donors (Lipinski definition) is 2. The smallest absolute Gasteiger partial charge is 0.264 e. The molecule has 0 aliphatic rings. The fourth-order valence-electron chi connectivity index (χ4n) is 2.22. The minimum atomic E-state index is -3.95. The van der Waals surface area contributed by atoms with Gasteiger partial charge in [0.2, 0.25) is 5.91 Å². The molecule has 28 heavy (non-hydrogen) atoms. The maximum absolute atomic E-state index is 12.5. The minimum absolute atomic E-state index is 0.0872. The average molecular weight is 441 g/mol. The molecule has 0 bridgehead atoms. The van der Waals surface area contributed by atoms with E-state index >= 15 is 0 Å². The van der Waals surface area contributed by atoms with E-state index in [-0.39, 0.29) is 26.8 Å². The van der Waals surface area contributed by atoms with Crippen LogP contribution in [0.4, 0.5) is 11.4 Å². The molecule has 1 amide bonds. The summed E-state index contributed by atoms with van der Waals surface area (Å²) in [6.45, 7) is 1.68. The Bertz CT molecular complexity index is 1090. The van der Waals surface area contributed by atoms with Crippen LogP contribution in [0.2, 0.25) is 10.3 Å². The monoisotopic (exact) mass is 440 g/mol. The molecule has 9 nitrogen and oxygen atoms in total. The molecular formula is C16H14Cl2N6O3S. The lowest BCUT2D eigenvalue weighted by atomic mass is 10.2. The van der Waals surface area contributed by atoms with Crippen molar-refractivity contribution in [3.05, 3.63) is 59.4 Å². The van der Waals surface area contributed by atoms with E-state index in [0.717, 1.165) is 0 Å². The Balaban J connectivity index is 1.69. The van der Waals surface area contributed by atoms with Gasteiger partial charge in [0.1, 0.15) is 28.7 Å². The van der Waals surface area contributed by atoms with E-state index in [2.05, 4.69) is 25.1 Å². The summed E-state index contributed by atoms with van der Waals surface area (Å²) in [5.41, 5.74) is 0.777. The van der Waals surface area contributed by atoms with Crippen LogP contribution in [0, 0.1) is 0 Å². The number of amides is 1. The molecular weight excluding hydrogens is 427 g/mol. The van der Waals surface area contributed by atoms with Crippen LogP contribution in [0.5, 0.6) is 0 Å². The summed E-state index contributed by atoms with van der Waals surface area (Å²) in [4.78, 5) is 19.6. The first-order valence-electron chi connectivity index (χ1n) is 7.86. The molecule has 3 rings (SSSR count). The molecule has 1 unspecified atom stereocenters. The molecule has 12 heteroatoms. The molecule has 0 fully saturated rings. The third-order valence-electron chi connectivity index (χ3n) is 3.69. The third-order valence-corrected chi connectivity index (χ3v) is 5.71. The van der Waals surface area contributed by atoms with Crippen molar-refractivity contribution >= 4 is 50.5 Å². The van der Waals surface area contributed by atoms with Crippen LogP contribution < -0.4 is 10.0 Å². The van der Waals surface area contributed by atoms with Crippen LogP contribution >= 0.6 is 23.2 Å². The zero-order valence-electron chi connectivity index (χ0n) is 14.4. The van der Waals surface area contributed by atoms with Crippen LogP contribution in [0.3, 0.4) is 0 Å². The molecule has 2 aromatic heterocycles. The molecule has 1 aromatic carbocycles. The molecule has 146 valence electrons.